The predicted molar refractivity (Wildman–Crippen MR) is 97.9 cm³/mol. The van der Waals surface area contributed by atoms with E-state index >= 15 is 0 Å². The Morgan fingerprint density at radius 3 is 1.48 bits per heavy atom. The molecule has 4 atom stereocenters. The normalized spacial score (nSPS) is 26.4. The van der Waals surface area contributed by atoms with Gasteiger partial charge in [0.25, 0.3) is 0 Å². The summed E-state index contributed by atoms with van der Waals surface area (Å²) in [5, 5.41) is 5.93. The number of hydrogen-bond donors (Lipinski definition) is 2. The van der Waals surface area contributed by atoms with Crippen molar-refractivity contribution in [2.45, 2.75) is 6.42 Å². The van der Waals surface area contributed by atoms with Crippen molar-refractivity contribution in [1.29, 1.82) is 0 Å². The first-order valence-corrected chi connectivity index (χ1v) is 8.62. The van der Waals surface area contributed by atoms with Crippen molar-refractivity contribution < 1.29 is 9.59 Å². The Morgan fingerprint density at radius 1 is 0.680 bits per heavy atom. The monoisotopic (exact) mass is 332 g/mol. The molecule has 0 aliphatic heterocycles. The molecule has 2 aliphatic carbocycles. The van der Waals surface area contributed by atoms with Crippen molar-refractivity contribution in [3.8, 4) is 0 Å². The third kappa shape index (κ3) is 3.07. The van der Waals surface area contributed by atoms with Crippen molar-refractivity contribution in [3.63, 3.8) is 0 Å². The highest BCUT2D eigenvalue weighted by Gasteiger charge is 2.51. The zero-order chi connectivity index (χ0) is 17.2. The molecule has 0 saturated heterocycles. The Balaban J connectivity index is 1.52. The molecular weight excluding hydrogens is 312 g/mol. The zero-order valence-electron chi connectivity index (χ0n) is 13.8. The number of carbonyl (C=O) groups is 2. The van der Waals surface area contributed by atoms with Crippen LogP contribution in [-0.4, -0.2) is 11.8 Å². The highest BCUT2D eigenvalue weighted by atomic mass is 16.2. The largest absolute Gasteiger partial charge is 0.326 e. The topological polar surface area (TPSA) is 58.2 Å². The Bertz CT molecular complexity index is 734. The molecule has 25 heavy (non-hydrogen) atoms. The molecule has 2 aromatic carbocycles. The maximum absolute atomic E-state index is 12.8. The van der Waals surface area contributed by atoms with Crippen molar-refractivity contribution in [2.24, 2.45) is 23.7 Å². The fourth-order valence-electron chi connectivity index (χ4n) is 4.03. The minimum Gasteiger partial charge on any atom is -0.326 e. The van der Waals surface area contributed by atoms with Crippen LogP contribution in [0.4, 0.5) is 11.4 Å². The van der Waals surface area contributed by atoms with Crippen LogP contribution in [0.5, 0.6) is 0 Å². The van der Waals surface area contributed by atoms with E-state index in [0.717, 1.165) is 17.8 Å². The van der Waals surface area contributed by atoms with Gasteiger partial charge in [-0.15, -0.1) is 0 Å². The molecule has 4 heteroatoms. The molecule has 126 valence electrons. The van der Waals surface area contributed by atoms with Gasteiger partial charge in [0.2, 0.25) is 11.8 Å². The van der Waals surface area contributed by atoms with E-state index in [9.17, 15) is 9.59 Å². The number of hydrogen-bond acceptors (Lipinski definition) is 2. The summed E-state index contributed by atoms with van der Waals surface area (Å²) in [6.45, 7) is 0. The van der Waals surface area contributed by atoms with Crippen LogP contribution in [0.2, 0.25) is 0 Å². The van der Waals surface area contributed by atoms with Crippen LogP contribution < -0.4 is 10.6 Å². The molecule has 1 saturated carbocycles. The number of benzene rings is 2. The number of rotatable bonds is 4. The van der Waals surface area contributed by atoms with Crippen LogP contribution in [0.15, 0.2) is 72.8 Å². The molecular formula is C21H20N2O2. The Morgan fingerprint density at radius 2 is 1.08 bits per heavy atom. The van der Waals surface area contributed by atoms with Crippen molar-refractivity contribution in [3.05, 3.63) is 72.8 Å². The summed E-state index contributed by atoms with van der Waals surface area (Å²) in [7, 11) is 0. The van der Waals surface area contributed by atoms with Crippen molar-refractivity contribution >= 4 is 23.2 Å². The third-order valence-electron chi connectivity index (χ3n) is 5.15. The summed E-state index contributed by atoms with van der Waals surface area (Å²) < 4.78 is 0. The van der Waals surface area contributed by atoms with E-state index in [1.54, 1.807) is 0 Å². The lowest BCUT2D eigenvalue weighted by atomic mass is 9.81. The van der Waals surface area contributed by atoms with Crippen LogP contribution in [-0.2, 0) is 9.59 Å². The van der Waals surface area contributed by atoms with Gasteiger partial charge in [0.1, 0.15) is 0 Å². The van der Waals surface area contributed by atoms with Gasteiger partial charge >= 0.3 is 0 Å². The lowest BCUT2D eigenvalue weighted by Crippen LogP contribution is -2.39. The van der Waals surface area contributed by atoms with E-state index < -0.39 is 0 Å². The molecule has 4 nitrogen and oxygen atoms in total. The second kappa shape index (κ2) is 6.55. The molecule has 2 N–H and O–H groups in total. The SMILES string of the molecule is O=C(Nc1ccccc1)[C@@H]1[C@@H](C(=O)Nc2ccccc2)[C@@H]2C=C[C@@H]1C2. The van der Waals surface area contributed by atoms with Crippen molar-refractivity contribution in [2.75, 3.05) is 10.6 Å². The maximum Gasteiger partial charge on any atom is 0.228 e. The predicted octanol–water partition coefficient (Wildman–Crippen LogP) is 3.70. The third-order valence-corrected chi connectivity index (χ3v) is 5.15. The minimum absolute atomic E-state index is 0.0729. The number of anilines is 2. The Labute approximate surface area is 146 Å². The first-order valence-electron chi connectivity index (χ1n) is 8.62. The average Bonchev–Trinajstić information content (AvgIpc) is 3.24. The average molecular weight is 332 g/mol. The minimum atomic E-state index is -0.320. The summed E-state index contributed by atoms with van der Waals surface area (Å²) >= 11 is 0. The smallest absolute Gasteiger partial charge is 0.228 e. The van der Waals surface area contributed by atoms with Gasteiger partial charge in [-0.25, -0.2) is 0 Å². The first kappa shape index (κ1) is 15.6. The summed E-state index contributed by atoms with van der Waals surface area (Å²) in [5.74, 6) is -0.508. The first-order chi connectivity index (χ1) is 12.2. The quantitative estimate of drug-likeness (QED) is 0.839. The number of amides is 2. The fourth-order valence-corrected chi connectivity index (χ4v) is 4.03. The maximum atomic E-state index is 12.8. The van der Waals surface area contributed by atoms with Crippen LogP contribution >= 0.6 is 0 Å². The standard InChI is InChI=1S/C21H20N2O2/c24-20(22-16-7-3-1-4-8-16)18-14-11-12-15(13-14)19(18)21(25)23-17-9-5-2-6-10-17/h1-12,14-15,18-19H,13H2,(H,22,24)(H,23,25)/t14-,15-,18+,19+/m1/s1. The number of nitrogens with one attached hydrogen (secondary N) is 2. The number of allylic oxidation sites excluding steroid dienone is 2. The molecule has 2 amide bonds. The summed E-state index contributed by atoms with van der Waals surface area (Å²) in [4.78, 5) is 25.7. The summed E-state index contributed by atoms with van der Waals surface area (Å²) in [6, 6.07) is 18.8. The van der Waals surface area contributed by atoms with Gasteiger partial charge in [0.05, 0.1) is 11.8 Å². The molecule has 0 radical (unpaired) electrons. The highest BCUT2D eigenvalue weighted by Crippen LogP contribution is 2.48. The van der Waals surface area contributed by atoms with E-state index in [4.69, 9.17) is 0 Å². The lowest BCUT2D eigenvalue weighted by Gasteiger charge is -2.26. The summed E-state index contributed by atoms with van der Waals surface area (Å²) in [6.07, 6.45) is 5.05. The van der Waals surface area contributed by atoms with Gasteiger partial charge in [-0.3, -0.25) is 9.59 Å². The van der Waals surface area contributed by atoms with Gasteiger partial charge in [-0.05, 0) is 42.5 Å². The molecule has 4 rings (SSSR count). The fraction of sp³-hybridized carbons (Fsp3) is 0.238. The van der Waals surface area contributed by atoms with Gasteiger partial charge < -0.3 is 10.6 Å². The van der Waals surface area contributed by atoms with E-state index in [0.29, 0.717) is 0 Å². The molecule has 1 fully saturated rings. The molecule has 0 aromatic heterocycles. The van der Waals surface area contributed by atoms with E-state index in [2.05, 4.69) is 22.8 Å². The van der Waals surface area contributed by atoms with Crippen LogP contribution in [0, 0.1) is 23.7 Å². The molecule has 0 heterocycles. The Kier molecular flexibility index (Phi) is 4.10. The number of para-hydroxylation sites is 2. The van der Waals surface area contributed by atoms with E-state index in [1.807, 2.05) is 60.7 Å². The van der Waals surface area contributed by atoms with E-state index in [1.165, 1.54) is 0 Å². The lowest BCUT2D eigenvalue weighted by molar-refractivity contribution is -0.129. The highest BCUT2D eigenvalue weighted by molar-refractivity contribution is 6.01. The van der Waals surface area contributed by atoms with Gasteiger partial charge in [0, 0.05) is 11.4 Å². The number of fused-ring (bicyclic) bond motifs is 2. The summed E-state index contributed by atoms with van der Waals surface area (Å²) in [5.41, 5.74) is 1.53. The van der Waals surface area contributed by atoms with Crippen molar-refractivity contribution in [1.82, 2.24) is 0 Å². The molecule has 0 unspecified atom stereocenters. The van der Waals surface area contributed by atoms with E-state index in [-0.39, 0.29) is 35.5 Å². The van der Waals surface area contributed by atoms with Crippen LogP contribution in [0.25, 0.3) is 0 Å². The van der Waals surface area contributed by atoms with Gasteiger partial charge in [0.15, 0.2) is 0 Å². The van der Waals surface area contributed by atoms with Crippen LogP contribution in [0.3, 0.4) is 0 Å². The zero-order valence-corrected chi connectivity index (χ0v) is 13.8. The van der Waals surface area contributed by atoms with Gasteiger partial charge in [-0.1, -0.05) is 48.6 Å². The molecule has 2 aliphatic rings. The van der Waals surface area contributed by atoms with Gasteiger partial charge in [-0.2, -0.15) is 0 Å². The number of carbonyl (C=O) groups excluding carboxylic acids is 2. The second-order valence-corrected chi connectivity index (χ2v) is 6.71. The molecule has 0 spiro atoms. The molecule has 2 bridgehead atoms. The van der Waals surface area contributed by atoms with Crippen LogP contribution in [0.1, 0.15) is 6.42 Å². The Hall–Kier alpha value is -2.88. The second-order valence-electron chi connectivity index (χ2n) is 6.71. The molecule has 2 aromatic rings.